The Morgan fingerprint density at radius 1 is 1.07 bits per heavy atom. The van der Waals surface area contributed by atoms with Gasteiger partial charge >= 0.3 is 5.97 Å². The van der Waals surface area contributed by atoms with Crippen LogP contribution in [0.3, 0.4) is 0 Å². The highest BCUT2D eigenvalue weighted by molar-refractivity contribution is 5.99. The van der Waals surface area contributed by atoms with Crippen LogP contribution in [0.4, 0.5) is 5.69 Å². The van der Waals surface area contributed by atoms with Crippen molar-refractivity contribution in [1.29, 1.82) is 5.26 Å². The second-order valence-electron chi connectivity index (χ2n) is 7.24. The van der Waals surface area contributed by atoms with Gasteiger partial charge in [0.05, 0.1) is 18.1 Å². The monoisotopic (exact) mass is 392 g/mol. The second kappa shape index (κ2) is 8.78. The number of benzene rings is 2. The largest absolute Gasteiger partial charge is 0.497 e. The number of methoxy groups -OCH3 is 1. The van der Waals surface area contributed by atoms with Crippen molar-refractivity contribution >= 4 is 17.6 Å². The van der Waals surface area contributed by atoms with Crippen molar-refractivity contribution in [3.8, 4) is 17.6 Å². The molecule has 6 heteroatoms. The van der Waals surface area contributed by atoms with E-state index in [0.29, 0.717) is 5.69 Å². The zero-order chi connectivity index (χ0) is 20.9. The number of nitrogens with zero attached hydrogens (tertiary/aromatic N) is 1. The molecule has 150 valence electrons. The first-order valence-electron chi connectivity index (χ1n) is 9.67. The Kier molecular flexibility index (Phi) is 6.18. The average molecular weight is 392 g/mol. The molecule has 1 N–H and O–H groups in total. The van der Waals surface area contributed by atoms with Crippen molar-refractivity contribution in [2.24, 2.45) is 0 Å². The third-order valence-electron chi connectivity index (χ3n) is 5.40. The lowest BCUT2D eigenvalue weighted by Gasteiger charge is -2.36. The summed E-state index contributed by atoms with van der Waals surface area (Å²) in [6.45, 7) is 1.28. The Bertz CT molecular complexity index is 938. The maximum atomic E-state index is 13.4. The fourth-order valence-corrected chi connectivity index (χ4v) is 3.90. The lowest BCUT2D eigenvalue weighted by molar-refractivity contribution is -0.132. The van der Waals surface area contributed by atoms with Gasteiger partial charge in [0, 0.05) is 12.6 Å². The highest BCUT2D eigenvalue weighted by Gasteiger charge is 2.41. The van der Waals surface area contributed by atoms with Gasteiger partial charge in [-0.1, -0.05) is 31.4 Å². The molecule has 0 aliphatic heterocycles. The summed E-state index contributed by atoms with van der Waals surface area (Å²) >= 11 is 0. The van der Waals surface area contributed by atoms with Crippen LogP contribution >= 0.6 is 0 Å². The highest BCUT2D eigenvalue weighted by Crippen LogP contribution is 2.41. The number of amides is 1. The number of hydrogen-bond acceptors (Lipinski definition) is 5. The third kappa shape index (κ3) is 4.40. The standard InChI is InChI=1S/C23H24N2O4/c1-16(26)29-21-11-8-19(14-17(21)15-24)25-22(27)23(12-4-3-5-13-23)18-6-9-20(28-2)10-7-18/h6-11,14H,3-5,12-13H2,1-2H3,(H,25,27). The van der Waals surface area contributed by atoms with Gasteiger partial charge in [-0.15, -0.1) is 0 Å². The van der Waals surface area contributed by atoms with Crippen molar-refractivity contribution in [3.63, 3.8) is 0 Å². The van der Waals surface area contributed by atoms with Gasteiger partial charge in [0.2, 0.25) is 5.91 Å². The first-order valence-corrected chi connectivity index (χ1v) is 9.67. The van der Waals surface area contributed by atoms with Crippen LogP contribution in [-0.4, -0.2) is 19.0 Å². The lowest BCUT2D eigenvalue weighted by Crippen LogP contribution is -2.42. The second-order valence-corrected chi connectivity index (χ2v) is 7.24. The molecule has 0 saturated heterocycles. The topological polar surface area (TPSA) is 88.4 Å². The number of carbonyl (C=O) groups excluding carboxylic acids is 2. The van der Waals surface area contributed by atoms with Gasteiger partial charge in [0.15, 0.2) is 0 Å². The molecule has 0 atom stereocenters. The van der Waals surface area contributed by atoms with Crippen LogP contribution < -0.4 is 14.8 Å². The zero-order valence-corrected chi connectivity index (χ0v) is 16.7. The normalized spacial score (nSPS) is 15.1. The van der Waals surface area contributed by atoms with Crippen molar-refractivity contribution in [3.05, 3.63) is 53.6 Å². The number of anilines is 1. The van der Waals surface area contributed by atoms with E-state index in [9.17, 15) is 14.9 Å². The molecule has 3 rings (SSSR count). The van der Waals surface area contributed by atoms with Crippen LogP contribution in [0.1, 0.15) is 50.2 Å². The molecule has 0 bridgehead atoms. The Balaban J connectivity index is 1.89. The Morgan fingerprint density at radius 3 is 2.34 bits per heavy atom. The maximum absolute atomic E-state index is 13.4. The molecular weight excluding hydrogens is 368 g/mol. The molecule has 0 heterocycles. The Hall–Kier alpha value is -3.33. The van der Waals surface area contributed by atoms with Crippen LogP contribution in [-0.2, 0) is 15.0 Å². The minimum Gasteiger partial charge on any atom is -0.497 e. The molecule has 2 aromatic rings. The number of carbonyl (C=O) groups is 2. The van der Waals surface area contributed by atoms with Crippen molar-refractivity contribution in [1.82, 2.24) is 0 Å². The van der Waals surface area contributed by atoms with E-state index in [1.54, 1.807) is 13.2 Å². The predicted octanol–water partition coefficient (Wildman–Crippen LogP) is 4.33. The molecule has 29 heavy (non-hydrogen) atoms. The van der Waals surface area contributed by atoms with E-state index in [0.717, 1.165) is 43.4 Å². The third-order valence-corrected chi connectivity index (χ3v) is 5.40. The van der Waals surface area contributed by atoms with Gasteiger partial charge in [-0.25, -0.2) is 0 Å². The Labute approximate surface area is 170 Å². The highest BCUT2D eigenvalue weighted by atomic mass is 16.5. The molecule has 0 aromatic heterocycles. The lowest BCUT2D eigenvalue weighted by atomic mass is 9.68. The summed E-state index contributed by atoms with van der Waals surface area (Å²) in [5.41, 5.74) is 1.04. The van der Waals surface area contributed by atoms with Crippen molar-refractivity contribution in [2.45, 2.75) is 44.4 Å². The number of rotatable bonds is 5. The summed E-state index contributed by atoms with van der Waals surface area (Å²) in [4.78, 5) is 24.6. The van der Waals surface area contributed by atoms with E-state index in [-0.39, 0.29) is 17.2 Å². The van der Waals surface area contributed by atoms with Crippen LogP contribution in [0.25, 0.3) is 0 Å². The minimum atomic E-state index is -0.619. The number of nitriles is 1. The van der Waals surface area contributed by atoms with E-state index in [4.69, 9.17) is 9.47 Å². The summed E-state index contributed by atoms with van der Waals surface area (Å²) in [6.07, 6.45) is 4.60. The summed E-state index contributed by atoms with van der Waals surface area (Å²) in [7, 11) is 1.62. The fraction of sp³-hybridized carbons (Fsp3) is 0.348. The first-order chi connectivity index (χ1) is 14.0. The maximum Gasteiger partial charge on any atom is 0.308 e. The minimum absolute atomic E-state index is 0.0912. The molecule has 1 saturated carbocycles. The molecule has 1 aliphatic rings. The van der Waals surface area contributed by atoms with E-state index in [1.807, 2.05) is 30.3 Å². The van der Waals surface area contributed by atoms with Crippen LogP contribution in [0.15, 0.2) is 42.5 Å². The first kappa shape index (κ1) is 20.4. The number of ether oxygens (including phenoxy) is 2. The van der Waals surface area contributed by atoms with Gasteiger partial charge in [0.1, 0.15) is 17.6 Å². The number of hydrogen-bond donors (Lipinski definition) is 1. The molecule has 2 aromatic carbocycles. The van der Waals surface area contributed by atoms with E-state index in [2.05, 4.69) is 5.32 Å². The molecule has 1 aliphatic carbocycles. The molecule has 1 amide bonds. The van der Waals surface area contributed by atoms with Gasteiger partial charge in [-0.3, -0.25) is 9.59 Å². The Morgan fingerprint density at radius 2 is 1.76 bits per heavy atom. The number of nitrogens with one attached hydrogen (secondary N) is 1. The quantitative estimate of drug-likeness (QED) is 0.604. The molecule has 0 spiro atoms. The SMILES string of the molecule is COc1ccc(C2(C(=O)Nc3ccc(OC(C)=O)c(C#N)c3)CCCCC2)cc1. The van der Waals surface area contributed by atoms with E-state index >= 15 is 0 Å². The molecule has 6 nitrogen and oxygen atoms in total. The number of esters is 1. The van der Waals surface area contributed by atoms with Crippen LogP contribution in [0, 0.1) is 11.3 Å². The summed E-state index contributed by atoms with van der Waals surface area (Å²) < 4.78 is 10.3. The van der Waals surface area contributed by atoms with Crippen molar-refractivity contribution < 1.29 is 19.1 Å². The molecule has 0 radical (unpaired) electrons. The molecule has 0 unspecified atom stereocenters. The predicted molar refractivity (Wildman–Crippen MR) is 109 cm³/mol. The fourth-order valence-electron chi connectivity index (χ4n) is 3.90. The zero-order valence-electron chi connectivity index (χ0n) is 16.7. The molecular formula is C23H24N2O4. The summed E-state index contributed by atoms with van der Waals surface area (Å²) in [5.74, 6) is 0.339. The smallest absolute Gasteiger partial charge is 0.308 e. The van der Waals surface area contributed by atoms with Gasteiger partial charge in [-0.05, 0) is 48.7 Å². The molecule has 1 fully saturated rings. The van der Waals surface area contributed by atoms with Gasteiger partial charge in [-0.2, -0.15) is 5.26 Å². The van der Waals surface area contributed by atoms with Crippen LogP contribution in [0.5, 0.6) is 11.5 Å². The van der Waals surface area contributed by atoms with E-state index < -0.39 is 11.4 Å². The van der Waals surface area contributed by atoms with E-state index in [1.165, 1.54) is 19.1 Å². The summed E-state index contributed by atoms with van der Waals surface area (Å²) in [5, 5.41) is 12.3. The van der Waals surface area contributed by atoms with Gasteiger partial charge < -0.3 is 14.8 Å². The van der Waals surface area contributed by atoms with Gasteiger partial charge in [0.25, 0.3) is 0 Å². The summed E-state index contributed by atoms with van der Waals surface area (Å²) in [6, 6.07) is 14.4. The van der Waals surface area contributed by atoms with Crippen LogP contribution in [0.2, 0.25) is 0 Å². The van der Waals surface area contributed by atoms with Crippen molar-refractivity contribution in [2.75, 3.05) is 12.4 Å². The average Bonchev–Trinajstić information content (AvgIpc) is 2.75.